The van der Waals surface area contributed by atoms with Crippen molar-refractivity contribution in [1.82, 2.24) is 14.9 Å². The fourth-order valence-corrected chi connectivity index (χ4v) is 4.47. The molecule has 5 nitrogen and oxygen atoms in total. The predicted octanol–water partition coefficient (Wildman–Crippen LogP) is 3.29. The lowest BCUT2D eigenvalue weighted by Gasteiger charge is -2.12. The first-order valence-electron chi connectivity index (χ1n) is 8.00. The van der Waals surface area contributed by atoms with Crippen LogP contribution in [0.2, 0.25) is 0 Å². The second-order valence-electron chi connectivity index (χ2n) is 5.58. The van der Waals surface area contributed by atoms with Gasteiger partial charge in [-0.1, -0.05) is 30.0 Å². The number of thiophene rings is 1. The van der Waals surface area contributed by atoms with Crippen LogP contribution in [0, 0.1) is 13.8 Å². The third-order valence-electron chi connectivity index (χ3n) is 3.89. The van der Waals surface area contributed by atoms with Crippen LogP contribution in [-0.2, 0) is 4.79 Å². The van der Waals surface area contributed by atoms with Crippen LogP contribution in [0.15, 0.2) is 40.3 Å². The van der Waals surface area contributed by atoms with Crippen LogP contribution in [0.3, 0.4) is 0 Å². The van der Waals surface area contributed by atoms with Gasteiger partial charge in [-0.25, -0.2) is 4.98 Å². The summed E-state index contributed by atoms with van der Waals surface area (Å²) in [5.74, 6) is 0.155. The number of hydrogen-bond donors (Lipinski definition) is 1. The lowest BCUT2D eigenvalue weighted by Crippen LogP contribution is -2.26. The summed E-state index contributed by atoms with van der Waals surface area (Å²) in [7, 11) is 0. The van der Waals surface area contributed by atoms with Gasteiger partial charge in [0, 0.05) is 11.4 Å². The Morgan fingerprint density at radius 1 is 1.28 bits per heavy atom. The van der Waals surface area contributed by atoms with Gasteiger partial charge in [-0.2, -0.15) is 0 Å². The van der Waals surface area contributed by atoms with Gasteiger partial charge in [0.1, 0.15) is 4.83 Å². The van der Waals surface area contributed by atoms with E-state index in [1.165, 1.54) is 23.1 Å². The summed E-state index contributed by atoms with van der Waals surface area (Å²) in [6.45, 7) is 6.41. The summed E-state index contributed by atoms with van der Waals surface area (Å²) >= 11 is 2.80. The summed E-state index contributed by atoms with van der Waals surface area (Å²) in [5.41, 5.74) is 1.64. The first kappa shape index (κ1) is 17.7. The number of para-hydroxylation sites is 1. The van der Waals surface area contributed by atoms with Crippen LogP contribution in [0.25, 0.3) is 15.9 Å². The number of thioether (sulfide) groups is 1. The number of hydrogen-bond acceptors (Lipinski definition) is 5. The maximum Gasteiger partial charge on any atom is 0.267 e. The van der Waals surface area contributed by atoms with Crippen LogP contribution in [-0.4, -0.2) is 27.8 Å². The van der Waals surface area contributed by atoms with E-state index < -0.39 is 0 Å². The van der Waals surface area contributed by atoms with Gasteiger partial charge in [0.25, 0.3) is 5.56 Å². The molecule has 0 spiro atoms. The second-order valence-corrected chi connectivity index (χ2v) is 7.72. The average molecular weight is 374 g/mol. The molecule has 0 radical (unpaired) electrons. The molecule has 0 unspecified atom stereocenters. The molecule has 0 bridgehead atoms. The van der Waals surface area contributed by atoms with E-state index in [0.717, 1.165) is 21.0 Å². The van der Waals surface area contributed by atoms with Gasteiger partial charge < -0.3 is 5.32 Å². The number of nitrogens with zero attached hydrogens (tertiary/aromatic N) is 2. The molecule has 0 aliphatic rings. The highest BCUT2D eigenvalue weighted by Gasteiger charge is 2.18. The van der Waals surface area contributed by atoms with Crippen LogP contribution in [0.5, 0.6) is 0 Å². The maximum absolute atomic E-state index is 13.2. The van der Waals surface area contributed by atoms with Crippen molar-refractivity contribution in [2.75, 3.05) is 12.3 Å². The minimum Gasteiger partial charge on any atom is -0.356 e. The fraction of sp³-hybridized carbons (Fsp3) is 0.278. The Balaban J connectivity index is 2.16. The summed E-state index contributed by atoms with van der Waals surface area (Å²) in [4.78, 5) is 31.5. The minimum absolute atomic E-state index is 0.0694. The van der Waals surface area contributed by atoms with Gasteiger partial charge in [0.05, 0.1) is 16.8 Å². The lowest BCUT2D eigenvalue weighted by atomic mass is 10.2. The number of carbonyl (C=O) groups is 1. The molecule has 2 aromatic heterocycles. The Bertz CT molecular complexity index is 977. The number of amides is 1. The third kappa shape index (κ3) is 3.48. The summed E-state index contributed by atoms with van der Waals surface area (Å²) in [6, 6.07) is 9.42. The zero-order chi connectivity index (χ0) is 18.0. The van der Waals surface area contributed by atoms with Gasteiger partial charge in [0.2, 0.25) is 5.91 Å². The highest BCUT2D eigenvalue weighted by atomic mass is 32.2. The van der Waals surface area contributed by atoms with Crippen molar-refractivity contribution in [2.45, 2.75) is 25.9 Å². The Labute approximate surface area is 154 Å². The zero-order valence-electron chi connectivity index (χ0n) is 14.3. The summed E-state index contributed by atoms with van der Waals surface area (Å²) < 4.78 is 1.60. The number of rotatable bonds is 5. The smallest absolute Gasteiger partial charge is 0.267 e. The van der Waals surface area contributed by atoms with E-state index in [1.54, 1.807) is 4.57 Å². The molecule has 0 atom stereocenters. The molecule has 0 aliphatic carbocycles. The molecule has 130 valence electrons. The SMILES string of the molecule is CCNC(=O)CSc1nc2sc(C)c(C)c2c(=O)n1-c1ccccc1. The van der Waals surface area contributed by atoms with E-state index in [2.05, 4.69) is 5.32 Å². The zero-order valence-corrected chi connectivity index (χ0v) is 16.0. The van der Waals surface area contributed by atoms with Gasteiger partial charge >= 0.3 is 0 Å². The highest BCUT2D eigenvalue weighted by molar-refractivity contribution is 7.99. The van der Waals surface area contributed by atoms with Crippen molar-refractivity contribution in [3.05, 3.63) is 51.1 Å². The first-order chi connectivity index (χ1) is 12.0. The lowest BCUT2D eigenvalue weighted by molar-refractivity contribution is -0.118. The summed E-state index contributed by atoms with van der Waals surface area (Å²) in [6.07, 6.45) is 0. The minimum atomic E-state index is -0.0866. The third-order valence-corrected chi connectivity index (χ3v) is 5.93. The number of aryl methyl sites for hydroxylation is 2. The first-order valence-corrected chi connectivity index (χ1v) is 9.80. The standard InChI is InChI=1S/C18H19N3O2S2/c1-4-19-14(22)10-24-18-20-16-15(11(2)12(3)25-16)17(23)21(18)13-8-6-5-7-9-13/h5-9H,4,10H2,1-3H3,(H,19,22). The number of benzene rings is 1. The number of nitrogens with one attached hydrogen (secondary N) is 1. The molecule has 1 N–H and O–H groups in total. The molecule has 0 saturated heterocycles. The van der Waals surface area contributed by atoms with E-state index in [0.29, 0.717) is 17.1 Å². The fourth-order valence-electron chi connectivity index (χ4n) is 2.56. The molecule has 3 aromatic rings. The van der Waals surface area contributed by atoms with Crippen molar-refractivity contribution in [2.24, 2.45) is 0 Å². The van der Waals surface area contributed by atoms with E-state index in [9.17, 15) is 9.59 Å². The normalized spacial score (nSPS) is 11.0. The van der Waals surface area contributed by atoms with Crippen molar-refractivity contribution in [1.29, 1.82) is 0 Å². The second kappa shape index (κ2) is 7.41. The quantitative estimate of drug-likeness (QED) is 0.551. The Hall–Kier alpha value is -2.12. The predicted molar refractivity (Wildman–Crippen MR) is 104 cm³/mol. The van der Waals surface area contributed by atoms with Crippen LogP contribution < -0.4 is 10.9 Å². The Kier molecular flexibility index (Phi) is 5.24. The summed E-state index contributed by atoms with van der Waals surface area (Å²) in [5, 5.41) is 3.97. The molecule has 0 fully saturated rings. The molecule has 7 heteroatoms. The van der Waals surface area contributed by atoms with Crippen molar-refractivity contribution >= 4 is 39.2 Å². The van der Waals surface area contributed by atoms with Crippen LogP contribution in [0.1, 0.15) is 17.4 Å². The van der Waals surface area contributed by atoms with Crippen molar-refractivity contribution in [3.63, 3.8) is 0 Å². The molecular formula is C18H19N3O2S2. The topological polar surface area (TPSA) is 64.0 Å². The van der Waals surface area contributed by atoms with Crippen LogP contribution >= 0.6 is 23.1 Å². The largest absolute Gasteiger partial charge is 0.356 e. The molecule has 0 saturated carbocycles. The van der Waals surface area contributed by atoms with Gasteiger partial charge in [-0.3, -0.25) is 14.2 Å². The number of carbonyl (C=O) groups excluding carboxylic acids is 1. The molecule has 0 aliphatic heterocycles. The van der Waals surface area contributed by atoms with Crippen molar-refractivity contribution < 1.29 is 4.79 Å². The molecule has 25 heavy (non-hydrogen) atoms. The van der Waals surface area contributed by atoms with Crippen LogP contribution in [0.4, 0.5) is 0 Å². The van der Waals surface area contributed by atoms with Gasteiger partial charge in [0.15, 0.2) is 5.16 Å². The average Bonchev–Trinajstić information content (AvgIpc) is 2.88. The molecule has 2 heterocycles. The molecule has 1 aromatic carbocycles. The molecule has 3 rings (SSSR count). The van der Waals surface area contributed by atoms with E-state index in [4.69, 9.17) is 4.98 Å². The van der Waals surface area contributed by atoms with E-state index in [1.807, 2.05) is 51.1 Å². The Morgan fingerprint density at radius 3 is 2.68 bits per heavy atom. The maximum atomic E-state index is 13.2. The van der Waals surface area contributed by atoms with E-state index >= 15 is 0 Å². The van der Waals surface area contributed by atoms with E-state index in [-0.39, 0.29) is 17.2 Å². The van der Waals surface area contributed by atoms with Crippen molar-refractivity contribution in [3.8, 4) is 5.69 Å². The van der Waals surface area contributed by atoms with Gasteiger partial charge in [-0.15, -0.1) is 11.3 Å². The monoisotopic (exact) mass is 373 g/mol. The Morgan fingerprint density at radius 2 is 2.00 bits per heavy atom. The number of aromatic nitrogens is 2. The molecule has 1 amide bonds. The van der Waals surface area contributed by atoms with Gasteiger partial charge in [-0.05, 0) is 38.5 Å². The highest BCUT2D eigenvalue weighted by Crippen LogP contribution is 2.29. The molecular weight excluding hydrogens is 354 g/mol. The number of fused-ring (bicyclic) bond motifs is 1.